The number of Topliss-reactive ketones (excluding diaryl/α,β-unsaturated/α-hetero) is 1. The van der Waals surface area contributed by atoms with Gasteiger partial charge in [-0.3, -0.25) is 4.79 Å². The molecule has 1 nitrogen and oxygen atoms in total. The molecule has 1 fully saturated rings. The molecular weight excluding hydrogens is 179 g/mol. The van der Waals surface area contributed by atoms with Crippen molar-refractivity contribution in [2.24, 2.45) is 5.92 Å². The minimum atomic E-state index is -0.331. The fourth-order valence-corrected chi connectivity index (χ4v) is 1.55. The van der Waals surface area contributed by atoms with Gasteiger partial charge in [0.15, 0.2) is 5.78 Å². The van der Waals surface area contributed by atoms with E-state index in [0.29, 0.717) is 12.0 Å². The molecule has 0 bridgehead atoms. The Morgan fingerprint density at radius 2 is 2.21 bits per heavy atom. The quantitative estimate of drug-likeness (QED) is 0.669. The number of halogens is 1. The molecule has 1 aliphatic rings. The van der Waals surface area contributed by atoms with Crippen molar-refractivity contribution in [2.75, 3.05) is 0 Å². The summed E-state index contributed by atoms with van der Waals surface area (Å²) >= 11 is 0. The topological polar surface area (TPSA) is 17.1 Å². The molecule has 1 saturated carbocycles. The zero-order valence-electron chi connectivity index (χ0n) is 8.00. The van der Waals surface area contributed by atoms with E-state index in [1.165, 1.54) is 25.0 Å². The molecule has 0 aliphatic heterocycles. The molecule has 1 aliphatic carbocycles. The zero-order chi connectivity index (χ0) is 9.97. The Bertz CT molecular complexity index is 342. The number of carbonyl (C=O) groups is 1. The smallest absolute Gasteiger partial charge is 0.162 e. The van der Waals surface area contributed by atoms with Crippen molar-refractivity contribution in [1.82, 2.24) is 0 Å². The summed E-state index contributed by atoms with van der Waals surface area (Å²) in [5.74, 6) is 0.492. The van der Waals surface area contributed by atoms with Crippen molar-refractivity contribution >= 4 is 5.78 Å². The van der Waals surface area contributed by atoms with Gasteiger partial charge in [0.2, 0.25) is 0 Å². The second kappa shape index (κ2) is 3.91. The van der Waals surface area contributed by atoms with Crippen LogP contribution in [0.25, 0.3) is 0 Å². The first kappa shape index (κ1) is 9.38. The average Bonchev–Trinajstić information content (AvgIpc) is 2.97. The highest BCUT2D eigenvalue weighted by atomic mass is 19.1. The highest BCUT2D eigenvalue weighted by Crippen LogP contribution is 2.33. The summed E-state index contributed by atoms with van der Waals surface area (Å²) in [6, 6.07) is 5.94. The second-order valence-electron chi connectivity index (χ2n) is 3.92. The van der Waals surface area contributed by atoms with E-state index >= 15 is 0 Å². The highest BCUT2D eigenvalue weighted by Gasteiger charge is 2.22. The zero-order valence-corrected chi connectivity index (χ0v) is 8.00. The molecule has 2 heteroatoms. The van der Waals surface area contributed by atoms with Crippen LogP contribution in [-0.2, 0) is 0 Å². The Morgan fingerprint density at radius 3 is 2.86 bits per heavy atom. The van der Waals surface area contributed by atoms with E-state index in [4.69, 9.17) is 0 Å². The Balaban J connectivity index is 1.95. The maximum Gasteiger partial charge on any atom is 0.162 e. The highest BCUT2D eigenvalue weighted by molar-refractivity contribution is 5.96. The fraction of sp³-hybridized carbons (Fsp3) is 0.417. The van der Waals surface area contributed by atoms with Gasteiger partial charge in [-0.1, -0.05) is 25.0 Å². The van der Waals surface area contributed by atoms with Crippen molar-refractivity contribution < 1.29 is 9.18 Å². The molecule has 0 atom stereocenters. The molecular formula is C12H13FO. The molecule has 0 spiro atoms. The number of carbonyl (C=O) groups excluding carboxylic acids is 1. The number of hydrogen-bond acceptors (Lipinski definition) is 1. The number of rotatable bonds is 4. The molecule has 0 N–H and O–H groups in total. The van der Waals surface area contributed by atoms with Crippen LogP contribution in [-0.4, -0.2) is 5.78 Å². The molecule has 1 aromatic carbocycles. The van der Waals surface area contributed by atoms with E-state index in [9.17, 15) is 9.18 Å². The predicted octanol–water partition coefficient (Wildman–Crippen LogP) is 3.20. The van der Waals surface area contributed by atoms with Gasteiger partial charge in [-0.05, 0) is 24.5 Å². The number of ketones is 1. The Labute approximate surface area is 82.9 Å². The largest absolute Gasteiger partial charge is 0.294 e. The van der Waals surface area contributed by atoms with Gasteiger partial charge < -0.3 is 0 Å². The lowest BCUT2D eigenvalue weighted by molar-refractivity contribution is 0.0977. The van der Waals surface area contributed by atoms with Crippen LogP contribution in [0.3, 0.4) is 0 Å². The fourth-order valence-electron chi connectivity index (χ4n) is 1.55. The van der Waals surface area contributed by atoms with E-state index in [1.54, 1.807) is 12.1 Å². The van der Waals surface area contributed by atoms with Crippen molar-refractivity contribution in [3.63, 3.8) is 0 Å². The van der Waals surface area contributed by atoms with E-state index in [-0.39, 0.29) is 11.6 Å². The molecule has 0 aromatic heterocycles. The third kappa shape index (κ3) is 2.41. The van der Waals surface area contributed by atoms with E-state index in [2.05, 4.69) is 0 Å². The summed E-state index contributed by atoms with van der Waals surface area (Å²) in [4.78, 5) is 11.6. The summed E-state index contributed by atoms with van der Waals surface area (Å²) in [5.41, 5.74) is 0.505. The molecule has 0 radical (unpaired) electrons. The van der Waals surface area contributed by atoms with Crippen LogP contribution in [0.4, 0.5) is 4.39 Å². The Kier molecular flexibility index (Phi) is 2.62. The van der Waals surface area contributed by atoms with Gasteiger partial charge in [0.1, 0.15) is 5.82 Å². The molecule has 2 rings (SSSR count). The van der Waals surface area contributed by atoms with Crippen molar-refractivity contribution in [3.8, 4) is 0 Å². The number of hydrogen-bond donors (Lipinski definition) is 0. The van der Waals surface area contributed by atoms with Crippen LogP contribution < -0.4 is 0 Å². The molecule has 0 heterocycles. The second-order valence-corrected chi connectivity index (χ2v) is 3.92. The van der Waals surface area contributed by atoms with Gasteiger partial charge in [0, 0.05) is 12.0 Å². The van der Waals surface area contributed by atoms with E-state index in [1.807, 2.05) is 0 Å². The maximum absolute atomic E-state index is 12.8. The normalized spacial score (nSPS) is 15.5. The van der Waals surface area contributed by atoms with E-state index in [0.717, 1.165) is 12.3 Å². The number of benzene rings is 1. The minimum Gasteiger partial charge on any atom is -0.294 e. The lowest BCUT2D eigenvalue weighted by Crippen LogP contribution is -1.99. The Morgan fingerprint density at radius 1 is 1.43 bits per heavy atom. The van der Waals surface area contributed by atoms with Gasteiger partial charge in [-0.2, -0.15) is 0 Å². The first-order chi connectivity index (χ1) is 6.75. The standard InChI is InChI=1S/C12H13FO/c13-11-3-1-2-10(8-11)12(14)7-6-9-4-5-9/h1-3,8-9H,4-7H2. The maximum atomic E-state index is 12.8. The first-order valence-corrected chi connectivity index (χ1v) is 5.04. The summed E-state index contributed by atoms with van der Waals surface area (Å²) in [7, 11) is 0. The van der Waals surface area contributed by atoms with Crippen LogP contribution in [0.1, 0.15) is 36.0 Å². The SMILES string of the molecule is O=C(CCC1CC1)c1cccc(F)c1. The predicted molar refractivity (Wildman–Crippen MR) is 52.7 cm³/mol. The third-order valence-corrected chi connectivity index (χ3v) is 2.62. The van der Waals surface area contributed by atoms with Gasteiger partial charge in [-0.25, -0.2) is 4.39 Å². The van der Waals surface area contributed by atoms with Crippen molar-refractivity contribution in [2.45, 2.75) is 25.7 Å². The van der Waals surface area contributed by atoms with Crippen LogP contribution in [0.2, 0.25) is 0 Å². The molecule has 74 valence electrons. The summed E-state index contributed by atoms with van der Waals surface area (Å²) < 4.78 is 12.8. The van der Waals surface area contributed by atoms with Gasteiger partial charge >= 0.3 is 0 Å². The van der Waals surface area contributed by atoms with Crippen LogP contribution in [0, 0.1) is 11.7 Å². The van der Waals surface area contributed by atoms with Gasteiger partial charge in [0.05, 0.1) is 0 Å². The molecule has 0 amide bonds. The van der Waals surface area contributed by atoms with Crippen molar-refractivity contribution in [3.05, 3.63) is 35.6 Å². The van der Waals surface area contributed by atoms with Gasteiger partial charge in [0.25, 0.3) is 0 Å². The molecule has 0 unspecified atom stereocenters. The van der Waals surface area contributed by atoms with Crippen LogP contribution in [0.15, 0.2) is 24.3 Å². The Hall–Kier alpha value is -1.18. The lowest BCUT2D eigenvalue weighted by Gasteiger charge is -1.99. The third-order valence-electron chi connectivity index (χ3n) is 2.62. The summed E-state index contributed by atoms with van der Waals surface area (Å²) in [6.07, 6.45) is 4.05. The van der Waals surface area contributed by atoms with Crippen molar-refractivity contribution in [1.29, 1.82) is 0 Å². The van der Waals surface area contributed by atoms with Crippen LogP contribution in [0.5, 0.6) is 0 Å². The molecule has 14 heavy (non-hydrogen) atoms. The first-order valence-electron chi connectivity index (χ1n) is 5.04. The summed E-state index contributed by atoms with van der Waals surface area (Å²) in [5, 5.41) is 0. The lowest BCUT2D eigenvalue weighted by atomic mass is 10.1. The van der Waals surface area contributed by atoms with E-state index < -0.39 is 0 Å². The average molecular weight is 192 g/mol. The molecule has 1 aromatic rings. The monoisotopic (exact) mass is 192 g/mol. The molecule has 0 saturated heterocycles. The van der Waals surface area contributed by atoms with Gasteiger partial charge in [-0.15, -0.1) is 0 Å². The minimum absolute atomic E-state index is 0.0661. The van der Waals surface area contributed by atoms with Crippen LogP contribution >= 0.6 is 0 Å². The summed E-state index contributed by atoms with van der Waals surface area (Å²) in [6.45, 7) is 0.